The third-order valence-electron chi connectivity index (χ3n) is 4.62. The Morgan fingerprint density at radius 2 is 2.04 bits per heavy atom. The summed E-state index contributed by atoms with van der Waals surface area (Å²) < 4.78 is 5.76. The minimum Gasteiger partial charge on any atom is -0.473 e. The number of fused-ring (bicyclic) bond motifs is 1. The Labute approximate surface area is 157 Å². The van der Waals surface area contributed by atoms with Crippen molar-refractivity contribution in [1.29, 1.82) is 5.41 Å². The Kier molecular flexibility index (Phi) is 4.74. The van der Waals surface area contributed by atoms with Gasteiger partial charge in [0.2, 0.25) is 5.90 Å². The van der Waals surface area contributed by atoms with Gasteiger partial charge in [-0.2, -0.15) is 0 Å². The van der Waals surface area contributed by atoms with E-state index in [1.54, 1.807) is 12.5 Å². The van der Waals surface area contributed by atoms with Crippen LogP contribution < -0.4 is 10.6 Å². The second kappa shape index (κ2) is 7.49. The van der Waals surface area contributed by atoms with Crippen LogP contribution in [-0.4, -0.2) is 27.0 Å². The predicted molar refractivity (Wildman–Crippen MR) is 107 cm³/mol. The number of aromatic amines is 1. The highest BCUT2D eigenvalue weighted by Gasteiger charge is 2.21. The molecule has 7 nitrogen and oxygen atoms in total. The van der Waals surface area contributed by atoms with Crippen molar-refractivity contribution in [2.24, 2.45) is 0 Å². The average Bonchev–Trinajstić information content (AvgIpc) is 3.33. The molecule has 7 heteroatoms. The first-order valence-electron chi connectivity index (χ1n) is 9.06. The van der Waals surface area contributed by atoms with Crippen LogP contribution in [0, 0.1) is 5.41 Å². The smallest absolute Gasteiger partial charge is 0.234 e. The number of benzene rings is 1. The number of rotatable bonds is 6. The van der Waals surface area contributed by atoms with E-state index in [1.165, 1.54) is 0 Å². The maximum Gasteiger partial charge on any atom is 0.234 e. The molecule has 0 spiro atoms. The van der Waals surface area contributed by atoms with E-state index in [4.69, 9.17) is 10.1 Å². The van der Waals surface area contributed by atoms with E-state index >= 15 is 0 Å². The Balaban J connectivity index is 1.42. The van der Waals surface area contributed by atoms with Crippen LogP contribution >= 0.6 is 0 Å². The van der Waals surface area contributed by atoms with Gasteiger partial charge < -0.3 is 20.4 Å². The van der Waals surface area contributed by atoms with Crippen molar-refractivity contribution in [3.05, 3.63) is 60.9 Å². The molecule has 1 fully saturated rings. The first kappa shape index (κ1) is 17.1. The van der Waals surface area contributed by atoms with E-state index in [0.717, 1.165) is 42.3 Å². The zero-order valence-corrected chi connectivity index (χ0v) is 15.0. The van der Waals surface area contributed by atoms with Gasteiger partial charge in [-0.3, -0.25) is 10.4 Å². The van der Waals surface area contributed by atoms with Gasteiger partial charge in [0, 0.05) is 17.3 Å². The van der Waals surface area contributed by atoms with Gasteiger partial charge in [-0.05, 0) is 49.9 Å². The monoisotopic (exact) mass is 362 g/mol. The summed E-state index contributed by atoms with van der Waals surface area (Å²) in [7, 11) is 0. The average molecular weight is 362 g/mol. The number of hydrogen-bond acceptors (Lipinski definition) is 6. The summed E-state index contributed by atoms with van der Waals surface area (Å²) in [5.41, 5.74) is 2.35. The van der Waals surface area contributed by atoms with Gasteiger partial charge in [-0.1, -0.05) is 12.6 Å². The molecule has 4 rings (SSSR count). The van der Waals surface area contributed by atoms with E-state index in [0.29, 0.717) is 17.3 Å². The largest absolute Gasteiger partial charge is 0.473 e. The summed E-state index contributed by atoms with van der Waals surface area (Å²) in [6.07, 6.45) is 7.77. The van der Waals surface area contributed by atoms with Crippen LogP contribution in [0.1, 0.15) is 31.4 Å². The summed E-state index contributed by atoms with van der Waals surface area (Å²) in [5, 5.41) is 15.6. The van der Waals surface area contributed by atoms with Crippen LogP contribution in [-0.2, 0) is 4.74 Å². The molecule has 0 bridgehead atoms. The first-order valence-corrected chi connectivity index (χ1v) is 9.06. The van der Waals surface area contributed by atoms with E-state index < -0.39 is 0 Å². The van der Waals surface area contributed by atoms with Crippen molar-refractivity contribution >= 4 is 28.3 Å². The lowest BCUT2D eigenvalue weighted by atomic mass is 10.2. The van der Waals surface area contributed by atoms with Crippen LogP contribution in [0.4, 0.5) is 11.5 Å². The number of hydrogen-bond donors (Lipinski definition) is 4. The normalized spacial score (nSPS) is 14.2. The Morgan fingerprint density at radius 3 is 2.89 bits per heavy atom. The summed E-state index contributed by atoms with van der Waals surface area (Å²) in [6.45, 7) is 4.01. The molecule has 0 saturated heterocycles. The molecule has 1 aliphatic rings. The zero-order valence-electron chi connectivity index (χ0n) is 15.0. The number of aromatic nitrogens is 3. The predicted octanol–water partition coefficient (Wildman–Crippen LogP) is 4.24. The van der Waals surface area contributed by atoms with Crippen molar-refractivity contribution < 1.29 is 4.74 Å². The number of nitrogens with zero attached hydrogens (tertiary/aromatic N) is 2. The highest BCUT2D eigenvalue weighted by atomic mass is 16.5. The minimum absolute atomic E-state index is 0.103. The van der Waals surface area contributed by atoms with Crippen molar-refractivity contribution in [3.63, 3.8) is 0 Å². The lowest BCUT2D eigenvalue weighted by Crippen LogP contribution is -2.17. The highest BCUT2D eigenvalue weighted by molar-refractivity contribution is 5.95. The molecular formula is C20H22N6O. The lowest BCUT2D eigenvalue weighted by Gasteiger charge is -2.15. The fraction of sp³-hybridized carbons (Fsp3) is 0.250. The summed E-state index contributed by atoms with van der Waals surface area (Å²) >= 11 is 0. The number of imidazole rings is 1. The lowest BCUT2D eigenvalue weighted by molar-refractivity contribution is 0.195. The summed E-state index contributed by atoms with van der Waals surface area (Å²) in [5.74, 6) is 1.17. The fourth-order valence-corrected chi connectivity index (χ4v) is 3.30. The second-order valence-electron chi connectivity index (χ2n) is 6.62. The number of ether oxygens (including phenoxy) is 1. The van der Waals surface area contributed by atoms with E-state index in [2.05, 4.69) is 32.2 Å². The molecule has 1 aromatic carbocycles. The summed E-state index contributed by atoms with van der Waals surface area (Å²) in [4.78, 5) is 11.5. The molecule has 4 N–H and O–H groups in total. The quantitative estimate of drug-likeness (QED) is 0.388. The molecule has 0 amide bonds. The maximum atomic E-state index is 8.22. The van der Waals surface area contributed by atoms with Gasteiger partial charge in [-0.15, -0.1) is 0 Å². The highest BCUT2D eigenvalue weighted by Crippen LogP contribution is 2.24. The van der Waals surface area contributed by atoms with Crippen LogP contribution in [0.15, 0.2) is 55.3 Å². The van der Waals surface area contributed by atoms with Gasteiger partial charge in [0.1, 0.15) is 17.6 Å². The van der Waals surface area contributed by atoms with E-state index in [1.807, 2.05) is 30.3 Å². The molecule has 138 valence electrons. The molecule has 3 aromatic rings. The van der Waals surface area contributed by atoms with Gasteiger partial charge in [0.05, 0.1) is 11.8 Å². The minimum atomic E-state index is 0.103. The first-order chi connectivity index (χ1) is 13.2. The van der Waals surface area contributed by atoms with Crippen LogP contribution in [0.3, 0.4) is 0 Å². The Hall–Kier alpha value is -3.35. The Morgan fingerprint density at radius 1 is 1.19 bits per heavy atom. The molecule has 1 aliphatic carbocycles. The third-order valence-corrected chi connectivity index (χ3v) is 4.62. The van der Waals surface area contributed by atoms with E-state index in [-0.39, 0.29) is 12.0 Å². The molecule has 0 aliphatic heterocycles. The van der Waals surface area contributed by atoms with Crippen LogP contribution in [0.25, 0.3) is 10.9 Å². The molecule has 0 unspecified atom stereocenters. The third kappa shape index (κ3) is 3.92. The number of nitrogens with one attached hydrogen (secondary N) is 4. The molecular weight excluding hydrogens is 340 g/mol. The van der Waals surface area contributed by atoms with Crippen LogP contribution in [0.2, 0.25) is 0 Å². The molecule has 27 heavy (non-hydrogen) atoms. The molecule has 2 heterocycles. The van der Waals surface area contributed by atoms with Crippen LogP contribution in [0.5, 0.6) is 0 Å². The van der Waals surface area contributed by atoms with Crippen molar-refractivity contribution in [2.75, 3.05) is 10.6 Å². The molecule has 0 atom stereocenters. The van der Waals surface area contributed by atoms with Gasteiger partial charge >= 0.3 is 0 Å². The SMILES string of the molecule is C=C(Nc1ccc2ncccc2c1)Nc1nc[nH]c1C(=N)OC1CCCC1. The molecule has 0 radical (unpaired) electrons. The number of H-pyrrole nitrogens is 1. The maximum absolute atomic E-state index is 8.22. The standard InChI is InChI=1S/C20H22N6O/c1-13(25-15-8-9-17-14(11-15)5-4-10-22-17)26-20-18(23-12-24-20)19(21)27-16-6-2-3-7-16/h4-5,8-12,16,21,25-26H,1-3,6-7H2,(H,23,24). The Bertz CT molecular complexity index is 973. The topological polar surface area (TPSA) is 98.7 Å². The zero-order chi connectivity index (χ0) is 18.6. The number of pyridine rings is 1. The molecule has 1 saturated carbocycles. The van der Waals surface area contributed by atoms with Crippen molar-refractivity contribution in [1.82, 2.24) is 15.0 Å². The number of anilines is 2. The van der Waals surface area contributed by atoms with Crippen molar-refractivity contribution in [3.8, 4) is 0 Å². The molecule has 2 aromatic heterocycles. The van der Waals surface area contributed by atoms with Crippen molar-refractivity contribution in [2.45, 2.75) is 31.8 Å². The summed E-state index contributed by atoms with van der Waals surface area (Å²) in [6, 6.07) is 9.82. The van der Waals surface area contributed by atoms with Gasteiger partial charge in [-0.25, -0.2) is 4.98 Å². The fourth-order valence-electron chi connectivity index (χ4n) is 3.30. The van der Waals surface area contributed by atoms with Gasteiger partial charge in [0.25, 0.3) is 0 Å². The van der Waals surface area contributed by atoms with E-state index in [9.17, 15) is 0 Å². The second-order valence-corrected chi connectivity index (χ2v) is 6.62. The van der Waals surface area contributed by atoms with Gasteiger partial charge in [0.15, 0.2) is 5.82 Å².